The third kappa shape index (κ3) is 5.82. The van der Waals surface area contributed by atoms with Crippen LogP contribution in [0.25, 0.3) is 0 Å². The Morgan fingerprint density at radius 2 is 1.68 bits per heavy atom. The number of thiophene rings is 1. The Morgan fingerprint density at radius 1 is 0.971 bits per heavy atom. The van der Waals surface area contributed by atoms with Crippen LogP contribution in [0.3, 0.4) is 0 Å². The molecule has 3 aromatic rings. The molecule has 0 unspecified atom stereocenters. The molecule has 0 aliphatic carbocycles. The third-order valence-corrected chi connectivity index (χ3v) is 7.91. The van der Waals surface area contributed by atoms with Crippen molar-refractivity contribution >= 4 is 23.1 Å². The van der Waals surface area contributed by atoms with E-state index in [2.05, 4.69) is 6.07 Å². The number of carbonyl (C=O) groups is 1. The first kappa shape index (κ1) is 24.8. The number of hydrogen-bond acceptors (Lipinski definition) is 4. The van der Waals surface area contributed by atoms with E-state index in [0.717, 1.165) is 59.8 Å². The molecule has 1 amide bonds. The molecule has 4 heterocycles. The summed E-state index contributed by atoms with van der Waals surface area (Å²) in [7, 11) is 0. The summed E-state index contributed by atoms with van der Waals surface area (Å²) in [6, 6.07) is 23.9. The van der Waals surface area contributed by atoms with Crippen LogP contribution >= 0.6 is 11.3 Å². The predicted octanol–water partition coefficient (Wildman–Crippen LogP) is 2.58. The molecule has 2 aromatic carbocycles. The lowest BCUT2D eigenvalue weighted by molar-refractivity contribution is -0.946. The highest BCUT2D eigenvalue weighted by molar-refractivity contribution is 7.09. The van der Waals surface area contributed by atoms with Crippen molar-refractivity contribution in [3.05, 3.63) is 83.1 Å². The topological polar surface area (TPSA) is 38.8 Å². The zero-order valence-electron chi connectivity index (χ0n) is 19.2. The summed E-state index contributed by atoms with van der Waals surface area (Å²) < 4.78 is 13.2. The standard InChI is InChI=1S/C27H31N2O3S.BrH/c30-27(28(20-25-12-7-19-33-25)23-8-3-1-4-9-23)32-26-21-29(15-13-22(26)14-16-29)17-18-31-24-10-5-2-6-11-24;/h1-12,19,22,26H,13-18,20-21H2;1H/q+1;/p-1/t22?,26-,29?;/m0./s1. The first-order chi connectivity index (χ1) is 16.2. The number of piperidine rings is 3. The molecule has 0 saturated carbocycles. The minimum absolute atomic E-state index is 0. The summed E-state index contributed by atoms with van der Waals surface area (Å²) in [5.74, 6) is 1.38. The molecule has 1 atom stereocenters. The van der Waals surface area contributed by atoms with Crippen molar-refractivity contribution < 1.29 is 35.7 Å². The van der Waals surface area contributed by atoms with Crippen LogP contribution in [0, 0.1) is 5.92 Å². The Hall–Kier alpha value is -2.35. The normalized spacial score (nSPS) is 23.1. The smallest absolute Gasteiger partial charge is 0.415 e. The zero-order valence-corrected chi connectivity index (χ0v) is 21.6. The molecule has 7 heteroatoms. The van der Waals surface area contributed by atoms with E-state index in [1.54, 1.807) is 16.2 Å². The number of ether oxygens (including phenoxy) is 2. The fourth-order valence-corrected chi connectivity index (χ4v) is 5.86. The first-order valence-electron chi connectivity index (χ1n) is 11.8. The Morgan fingerprint density at radius 3 is 2.35 bits per heavy atom. The van der Waals surface area contributed by atoms with E-state index < -0.39 is 0 Å². The van der Waals surface area contributed by atoms with Crippen molar-refractivity contribution in [3.63, 3.8) is 0 Å². The van der Waals surface area contributed by atoms with Crippen LogP contribution in [0.2, 0.25) is 0 Å². The second-order valence-corrected chi connectivity index (χ2v) is 10.1. The molecule has 180 valence electrons. The third-order valence-electron chi connectivity index (χ3n) is 7.05. The molecule has 34 heavy (non-hydrogen) atoms. The molecule has 3 aliphatic rings. The Bertz CT molecular complexity index is 1020. The van der Waals surface area contributed by atoms with Gasteiger partial charge in [-0.25, -0.2) is 4.79 Å². The largest absolute Gasteiger partial charge is 1.00 e. The van der Waals surface area contributed by atoms with Crippen LogP contribution in [-0.4, -0.2) is 49.5 Å². The van der Waals surface area contributed by atoms with Crippen LogP contribution in [0.4, 0.5) is 10.5 Å². The summed E-state index contributed by atoms with van der Waals surface area (Å²) in [6.45, 7) is 5.35. The van der Waals surface area contributed by atoms with Gasteiger partial charge in [-0.05, 0) is 35.7 Å². The zero-order chi connectivity index (χ0) is 22.5. The number of quaternary nitrogens is 1. The maximum Gasteiger partial charge on any atom is 0.415 e. The lowest BCUT2D eigenvalue weighted by Crippen LogP contribution is -3.00. The van der Waals surface area contributed by atoms with E-state index in [4.69, 9.17) is 9.47 Å². The van der Waals surface area contributed by atoms with Crippen molar-refractivity contribution in [3.8, 4) is 5.75 Å². The summed E-state index contributed by atoms with van der Waals surface area (Å²) >= 11 is 1.66. The molecule has 6 rings (SSSR count). The SMILES string of the molecule is O=C(O[C@H]1C[N+]2(CCOc3ccccc3)CCC1CC2)N(Cc1cccs1)c1ccccc1.[Br-]. The average molecular weight is 544 g/mol. The van der Waals surface area contributed by atoms with Crippen LogP contribution in [-0.2, 0) is 11.3 Å². The van der Waals surface area contributed by atoms with Gasteiger partial charge < -0.3 is 30.9 Å². The molecule has 1 aromatic heterocycles. The van der Waals surface area contributed by atoms with Crippen molar-refractivity contribution in [1.82, 2.24) is 0 Å². The molecule has 3 aliphatic heterocycles. The number of fused-ring (bicyclic) bond motifs is 3. The van der Waals surface area contributed by atoms with E-state index in [-0.39, 0.29) is 29.2 Å². The van der Waals surface area contributed by atoms with E-state index in [1.165, 1.54) is 0 Å². The molecule has 0 radical (unpaired) electrons. The fourth-order valence-electron chi connectivity index (χ4n) is 5.16. The number of anilines is 1. The van der Waals surface area contributed by atoms with Gasteiger partial charge in [0.1, 0.15) is 25.4 Å². The van der Waals surface area contributed by atoms with Gasteiger partial charge in [-0.15, -0.1) is 11.3 Å². The predicted molar refractivity (Wildman–Crippen MR) is 132 cm³/mol. The van der Waals surface area contributed by atoms with E-state index >= 15 is 0 Å². The number of amides is 1. The van der Waals surface area contributed by atoms with Crippen LogP contribution in [0.5, 0.6) is 5.75 Å². The van der Waals surface area contributed by atoms with Gasteiger partial charge in [0, 0.05) is 29.3 Å². The van der Waals surface area contributed by atoms with Gasteiger partial charge in [0.25, 0.3) is 0 Å². The number of benzene rings is 2. The highest BCUT2D eigenvalue weighted by Crippen LogP contribution is 2.36. The molecular weight excluding hydrogens is 512 g/mol. The minimum Gasteiger partial charge on any atom is -1.00 e. The first-order valence-corrected chi connectivity index (χ1v) is 12.7. The number of carbonyl (C=O) groups excluding carboxylic acids is 1. The van der Waals surface area contributed by atoms with Crippen molar-refractivity contribution in [1.29, 1.82) is 0 Å². The van der Waals surface area contributed by atoms with Crippen LogP contribution < -0.4 is 26.6 Å². The fraction of sp³-hybridized carbons (Fsp3) is 0.370. The second-order valence-electron chi connectivity index (χ2n) is 9.12. The monoisotopic (exact) mass is 542 g/mol. The van der Waals surface area contributed by atoms with Gasteiger partial charge in [-0.2, -0.15) is 0 Å². The molecule has 5 nitrogen and oxygen atoms in total. The van der Waals surface area contributed by atoms with E-state index in [1.807, 2.05) is 72.1 Å². The highest BCUT2D eigenvalue weighted by atomic mass is 79.9. The van der Waals surface area contributed by atoms with Crippen LogP contribution in [0.15, 0.2) is 78.2 Å². The Balaban J connectivity index is 0.00000274. The quantitative estimate of drug-likeness (QED) is 0.410. The number of nitrogens with zero attached hydrogens (tertiary/aromatic N) is 2. The summed E-state index contributed by atoms with van der Waals surface area (Å²) in [5.41, 5.74) is 0.873. The van der Waals surface area contributed by atoms with Gasteiger partial charge in [-0.3, -0.25) is 4.90 Å². The molecular formula is C27H31BrN2O3S. The molecule has 3 fully saturated rings. The van der Waals surface area contributed by atoms with Crippen molar-refractivity contribution in [2.45, 2.75) is 25.5 Å². The van der Waals surface area contributed by atoms with Gasteiger partial charge in [-0.1, -0.05) is 42.5 Å². The molecule has 2 bridgehead atoms. The molecule has 3 saturated heterocycles. The number of para-hydroxylation sites is 2. The molecule has 0 spiro atoms. The van der Waals surface area contributed by atoms with E-state index in [0.29, 0.717) is 19.1 Å². The van der Waals surface area contributed by atoms with Gasteiger partial charge >= 0.3 is 6.09 Å². The lowest BCUT2D eigenvalue weighted by atomic mass is 9.83. The minimum atomic E-state index is -0.243. The van der Waals surface area contributed by atoms with Crippen LogP contribution in [0.1, 0.15) is 17.7 Å². The maximum absolute atomic E-state index is 13.4. The van der Waals surface area contributed by atoms with Gasteiger partial charge in [0.15, 0.2) is 6.10 Å². The maximum atomic E-state index is 13.4. The average Bonchev–Trinajstić information content (AvgIpc) is 3.38. The summed E-state index contributed by atoms with van der Waals surface area (Å²) in [6.07, 6.45) is 1.94. The highest BCUT2D eigenvalue weighted by Gasteiger charge is 2.47. The van der Waals surface area contributed by atoms with E-state index in [9.17, 15) is 4.79 Å². The summed E-state index contributed by atoms with van der Waals surface area (Å²) in [5, 5.41) is 2.04. The number of rotatable bonds is 8. The molecule has 0 N–H and O–H groups in total. The Labute approximate surface area is 216 Å². The van der Waals surface area contributed by atoms with Gasteiger partial charge in [0.05, 0.1) is 19.6 Å². The van der Waals surface area contributed by atoms with Gasteiger partial charge in [0.2, 0.25) is 0 Å². The summed E-state index contributed by atoms with van der Waals surface area (Å²) in [4.78, 5) is 16.3. The van der Waals surface area contributed by atoms with Crippen molar-refractivity contribution in [2.75, 3.05) is 37.7 Å². The lowest BCUT2D eigenvalue weighted by Gasteiger charge is -2.52. The second kappa shape index (κ2) is 11.4. The number of hydrogen-bond donors (Lipinski definition) is 0. The van der Waals surface area contributed by atoms with Crippen molar-refractivity contribution in [2.24, 2.45) is 5.92 Å². The Kier molecular flexibility index (Phi) is 8.29. The number of halogens is 1.